The second-order valence-electron chi connectivity index (χ2n) is 4.23. The summed E-state index contributed by atoms with van der Waals surface area (Å²) in [6, 6.07) is 0. The van der Waals surface area contributed by atoms with Gasteiger partial charge in [-0.05, 0) is 5.41 Å². The minimum Gasteiger partial charge on any atom is -0.388 e. The first kappa shape index (κ1) is 14.5. The molecule has 0 amide bonds. The van der Waals surface area contributed by atoms with E-state index in [1.54, 1.807) is 20.8 Å². The third kappa shape index (κ3) is 2.75. The van der Waals surface area contributed by atoms with E-state index in [2.05, 4.69) is 0 Å². The van der Waals surface area contributed by atoms with Crippen molar-refractivity contribution in [2.75, 3.05) is 5.75 Å². The van der Waals surface area contributed by atoms with Crippen molar-refractivity contribution in [1.29, 1.82) is 0 Å². The lowest BCUT2D eigenvalue weighted by Crippen LogP contribution is -2.47. The van der Waals surface area contributed by atoms with Gasteiger partial charge in [-0.25, -0.2) is 8.42 Å². The lowest BCUT2D eigenvalue weighted by Gasteiger charge is -2.34. The predicted molar refractivity (Wildman–Crippen MR) is 59.4 cm³/mol. The molecule has 0 saturated heterocycles. The zero-order valence-corrected chi connectivity index (χ0v) is 11.0. The lowest BCUT2D eigenvalue weighted by molar-refractivity contribution is 0.0661. The Morgan fingerprint density at radius 2 is 1.64 bits per heavy atom. The summed E-state index contributed by atoms with van der Waals surface area (Å²) >= 11 is 11.4. The van der Waals surface area contributed by atoms with Crippen molar-refractivity contribution in [2.45, 2.75) is 37.5 Å². The minimum absolute atomic E-state index is 0.201. The fraction of sp³-hybridized carbons (Fsp3) is 1.00. The maximum atomic E-state index is 11.5. The Morgan fingerprint density at radius 1 is 1.29 bits per heavy atom. The highest BCUT2D eigenvalue weighted by atomic mass is 35.5. The largest absolute Gasteiger partial charge is 0.388 e. The molecular weight excluding hydrogens is 247 g/mol. The Morgan fingerprint density at radius 3 is 1.86 bits per heavy atom. The van der Waals surface area contributed by atoms with Crippen molar-refractivity contribution in [1.82, 2.24) is 0 Å². The highest BCUT2D eigenvalue weighted by Gasteiger charge is 2.50. The van der Waals surface area contributed by atoms with E-state index in [-0.39, 0.29) is 5.75 Å². The fourth-order valence-corrected chi connectivity index (χ4v) is 3.25. The first-order valence-corrected chi connectivity index (χ1v) is 6.65. The molecule has 0 aromatic rings. The number of rotatable bonds is 3. The minimum atomic E-state index is -3.70. The monoisotopic (exact) mass is 262 g/mol. The van der Waals surface area contributed by atoms with Gasteiger partial charge in [0.05, 0.1) is 5.75 Å². The Balaban J connectivity index is 5.18. The predicted octanol–water partition coefficient (Wildman–Crippen LogP) is 1.96. The summed E-state index contributed by atoms with van der Waals surface area (Å²) in [5, 5.41) is 9.74. The van der Waals surface area contributed by atoms with Crippen LogP contribution in [0.4, 0.5) is 0 Å². The third-order valence-electron chi connectivity index (χ3n) is 1.93. The van der Waals surface area contributed by atoms with Gasteiger partial charge in [0.2, 0.25) is 3.67 Å². The van der Waals surface area contributed by atoms with Crippen LogP contribution in [0.5, 0.6) is 0 Å². The van der Waals surface area contributed by atoms with Gasteiger partial charge in [0.15, 0.2) is 9.84 Å². The molecule has 0 aromatic carbocycles. The number of aliphatic hydroxyl groups is 1. The summed E-state index contributed by atoms with van der Waals surface area (Å²) in [4.78, 5) is 0. The molecular formula is C8H16Cl2O3S. The first-order valence-electron chi connectivity index (χ1n) is 4.25. The average molecular weight is 263 g/mol. The van der Waals surface area contributed by atoms with Crippen LogP contribution in [0.25, 0.3) is 0 Å². The molecule has 1 atom stereocenters. The van der Waals surface area contributed by atoms with E-state index >= 15 is 0 Å². The zero-order chi connectivity index (χ0) is 11.8. The Hall–Kier alpha value is 0.490. The smallest absolute Gasteiger partial charge is 0.243 e. The molecule has 0 spiro atoms. The molecule has 0 aliphatic rings. The van der Waals surface area contributed by atoms with Crippen molar-refractivity contribution >= 4 is 33.0 Å². The summed E-state index contributed by atoms with van der Waals surface area (Å²) < 4.78 is 20.8. The molecule has 1 N–H and O–H groups in total. The second kappa shape index (κ2) is 4.16. The topological polar surface area (TPSA) is 54.4 Å². The number of alkyl halides is 2. The summed E-state index contributed by atoms with van der Waals surface area (Å²) in [7, 11) is -3.70. The van der Waals surface area contributed by atoms with E-state index in [1.165, 1.54) is 6.92 Å². The highest BCUT2D eigenvalue weighted by molar-refractivity contribution is 7.95. The van der Waals surface area contributed by atoms with E-state index in [1.807, 2.05) is 0 Å². The maximum absolute atomic E-state index is 11.5. The SMILES string of the molecule is CCS(=O)(=O)C(Cl)(Cl)[C@H](O)C(C)(C)C. The van der Waals surface area contributed by atoms with Gasteiger partial charge < -0.3 is 5.11 Å². The van der Waals surface area contributed by atoms with Gasteiger partial charge in [0.25, 0.3) is 0 Å². The summed E-state index contributed by atoms with van der Waals surface area (Å²) in [5.41, 5.74) is -0.689. The fourth-order valence-electron chi connectivity index (χ4n) is 0.867. The van der Waals surface area contributed by atoms with Gasteiger partial charge in [0, 0.05) is 0 Å². The molecule has 0 fully saturated rings. The molecule has 6 heteroatoms. The maximum Gasteiger partial charge on any atom is 0.243 e. The molecule has 0 aliphatic heterocycles. The Bertz CT molecular complexity index is 290. The molecule has 86 valence electrons. The zero-order valence-electron chi connectivity index (χ0n) is 8.71. The molecule has 0 aliphatic carbocycles. The Kier molecular flexibility index (Phi) is 4.31. The van der Waals surface area contributed by atoms with Gasteiger partial charge in [-0.3, -0.25) is 0 Å². The number of halogens is 2. The molecule has 3 nitrogen and oxygen atoms in total. The second-order valence-corrected chi connectivity index (χ2v) is 8.52. The van der Waals surface area contributed by atoms with Gasteiger partial charge in [0.1, 0.15) is 6.10 Å². The molecule has 14 heavy (non-hydrogen) atoms. The van der Waals surface area contributed by atoms with Crippen molar-refractivity contribution in [3.63, 3.8) is 0 Å². The van der Waals surface area contributed by atoms with Crippen LogP contribution in [0.1, 0.15) is 27.7 Å². The van der Waals surface area contributed by atoms with Gasteiger partial charge in [-0.2, -0.15) is 0 Å². The van der Waals surface area contributed by atoms with E-state index in [0.29, 0.717) is 0 Å². The number of aliphatic hydroxyl groups excluding tert-OH is 1. The molecule has 0 aromatic heterocycles. The van der Waals surface area contributed by atoms with Crippen molar-refractivity contribution < 1.29 is 13.5 Å². The summed E-state index contributed by atoms with van der Waals surface area (Å²) in [6.45, 7) is 6.44. The molecule has 0 heterocycles. The number of hydrogen-bond acceptors (Lipinski definition) is 3. The van der Waals surface area contributed by atoms with Crippen molar-refractivity contribution in [3.05, 3.63) is 0 Å². The lowest BCUT2D eigenvalue weighted by atomic mass is 9.90. The van der Waals surface area contributed by atoms with Gasteiger partial charge in [-0.1, -0.05) is 50.9 Å². The standard InChI is InChI=1S/C8H16Cl2O3S/c1-5-14(12,13)8(9,10)6(11)7(2,3)4/h6,11H,5H2,1-4H3/t6-/m1/s1. The van der Waals surface area contributed by atoms with E-state index in [9.17, 15) is 13.5 Å². The molecule has 0 radical (unpaired) electrons. The summed E-state index contributed by atoms with van der Waals surface area (Å²) in [6.07, 6.45) is -1.33. The van der Waals surface area contributed by atoms with Crippen molar-refractivity contribution in [3.8, 4) is 0 Å². The van der Waals surface area contributed by atoms with Gasteiger partial charge in [-0.15, -0.1) is 0 Å². The van der Waals surface area contributed by atoms with Crippen LogP contribution in [0, 0.1) is 5.41 Å². The van der Waals surface area contributed by atoms with Crippen LogP contribution in [-0.4, -0.2) is 29.0 Å². The van der Waals surface area contributed by atoms with E-state index < -0.39 is 25.0 Å². The van der Waals surface area contributed by atoms with Gasteiger partial charge >= 0.3 is 0 Å². The molecule has 0 unspecified atom stereocenters. The first-order chi connectivity index (χ1) is 5.97. The average Bonchev–Trinajstić information content (AvgIpc) is 2.01. The molecule has 0 saturated carbocycles. The summed E-state index contributed by atoms with van der Waals surface area (Å²) in [5.74, 6) is -0.201. The van der Waals surface area contributed by atoms with E-state index in [4.69, 9.17) is 23.2 Å². The van der Waals surface area contributed by atoms with Crippen LogP contribution in [0.15, 0.2) is 0 Å². The Labute approximate surface area is 95.3 Å². The van der Waals surface area contributed by atoms with Crippen LogP contribution in [-0.2, 0) is 9.84 Å². The molecule has 0 bridgehead atoms. The van der Waals surface area contributed by atoms with Crippen LogP contribution >= 0.6 is 23.2 Å². The van der Waals surface area contributed by atoms with Crippen LogP contribution < -0.4 is 0 Å². The van der Waals surface area contributed by atoms with Crippen molar-refractivity contribution in [2.24, 2.45) is 5.41 Å². The quantitative estimate of drug-likeness (QED) is 0.792. The third-order valence-corrected chi connectivity index (χ3v) is 5.57. The van der Waals surface area contributed by atoms with Crippen LogP contribution in [0.2, 0.25) is 0 Å². The molecule has 0 rings (SSSR count). The number of sulfone groups is 1. The highest BCUT2D eigenvalue weighted by Crippen LogP contribution is 2.40. The normalized spacial score (nSPS) is 16.8. The van der Waals surface area contributed by atoms with E-state index in [0.717, 1.165) is 0 Å². The number of hydrogen-bond donors (Lipinski definition) is 1. The van der Waals surface area contributed by atoms with Crippen LogP contribution in [0.3, 0.4) is 0 Å².